The minimum Gasteiger partial charge on any atom is -0.398 e. The highest BCUT2D eigenvalue weighted by Gasteiger charge is 2.31. The second-order valence-corrected chi connectivity index (χ2v) is 5.19. The Bertz CT molecular complexity index is 419. The van der Waals surface area contributed by atoms with E-state index in [0.717, 1.165) is 30.9 Å². The lowest BCUT2D eigenvalue weighted by Gasteiger charge is -2.14. The Hall–Kier alpha value is -1.05. The summed E-state index contributed by atoms with van der Waals surface area (Å²) in [6, 6.07) is 0. The van der Waals surface area contributed by atoms with Gasteiger partial charge in [-0.05, 0) is 55.6 Å². The topological polar surface area (TPSA) is 38.9 Å². The Kier molecular flexibility index (Phi) is 2.38. The second kappa shape index (κ2) is 3.76. The van der Waals surface area contributed by atoms with Crippen molar-refractivity contribution in [3.8, 4) is 0 Å². The molecule has 1 fully saturated rings. The zero-order valence-corrected chi connectivity index (χ0v) is 10.1. The average molecular weight is 216 g/mol. The Morgan fingerprint density at radius 1 is 1.31 bits per heavy atom. The maximum atomic E-state index is 6.37. The number of hydrogen-bond donors (Lipinski definition) is 1. The second-order valence-electron chi connectivity index (χ2n) is 5.19. The standard InChI is InChI=1S/C14H20N2/c1-2-4-12-13(9-7-8-9)14(15)10-5-3-6-11(10)16-12/h9H,2-8H2,1H3,(H2,15,16). The van der Waals surface area contributed by atoms with Gasteiger partial charge in [-0.15, -0.1) is 0 Å². The van der Waals surface area contributed by atoms with Crippen molar-refractivity contribution in [2.24, 2.45) is 0 Å². The first-order valence-corrected chi connectivity index (χ1v) is 6.61. The molecule has 2 aliphatic rings. The van der Waals surface area contributed by atoms with Gasteiger partial charge in [0.2, 0.25) is 0 Å². The predicted octanol–water partition coefficient (Wildman–Crippen LogP) is 2.98. The number of fused-ring (bicyclic) bond motifs is 1. The first kappa shape index (κ1) is 10.1. The number of nitrogens with zero attached hydrogens (tertiary/aromatic N) is 1. The molecule has 2 nitrogen and oxygen atoms in total. The Morgan fingerprint density at radius 3 is 2.81 bits per heavy atom. The predicted molar refractivity (Wildman–Crippen MR) is 66.6 cm³/mol. The van der Waals surface area contributed by atoms with Gasteiger partial charge in [0.1, 0.15) is 0 Å². The molecular weight excluding hydrogens is 196 g/mol. The lowest BCUT2D eigenvalue weighted by molar-refractivity contribution is 0.836. The number of aryl methyl sites for hydroxylation is 2. The van der Waals surface area contributed by atoms with Gasteiger partial charge in [-0.1, -0.05) is 13.3 Å². The molecule has 16 heavy (non-hydrogen) atoms. The summed E-state index contributed by atoms with van der Waals surface area (Å²) in [6.45, 7) is 2.22. The van der Waals surface area contributed by atoms with Gasteiger partial charge in [-0.3, -0.25) is 4.98 Å². The summed E-state index contributed by atoms with van der Waals surface area (Å²) in [4.78, 5) is 4.89. The van der Waals surface area contributed by atoms with Crippen LogP contribution in [0, 0.1) is 0 Å². The largest absolute Gasteiger partial charge is 0.398 e. The number of nitrogen functional groups attached to an aromatic ring is 1. The van der Waals surface area contributed by atoms with E-state index in [2.05, 4.69) is 6.92 Å². The minimum atomic E-state index is 0.736. The van der Waals surface area contributed by atoms with Crippen LogP contribution in [-0.4, -0.2) is 4.98 Å². The van der Waals surface area contributed by atoms with Crippen molar-refractivity contribution >= 4 is 5.69 Å². The maximum Gasteiger partial charge on any atom is 0.0462 e. The highest BCUT2D eigenvalue weighted by atomic mass is 14.8. The van der Waals surface area contributed by atoms with Crippen LogP contribution in [0.1, 0.15) is 61.0 Å². The van der Waals surface area contributed by atoms with Gasteiger partial charge in [-0.25, -0.2) is 0 Å². The molecule has 2 heteroatoms. The molecule has 0 spiro atoms. The highest BCUT2D eigenvalue weighted by Crippen LogP contribution is 2.46. The van der Waals surface area contributed by atoms with E-state index in [-0.39, 0.29) is 0 Å². The molecule has 0 amide bonds. The van der Waals surface area contributed by atoms with Crippen LogP contribution in [0.15, 0.2) is 0 Å². The fourth-order valence-corrected chi connectivity index (χ4v) is 2.94. The van der Waals surface area contributed by atoms with E-state index in [1.165, 1.54) is 48.2 Å². The van der Waals surface area contributed by atoms with Crippen molar-refractivity contribution < 1.29 is 0 Å². The van der Waals surface area contributed by atoms with Crippen molar-refractivity contribution in [1.29, 1.82) is 0 Å². The van der Waals surface area contributed by atoms with Crippen molar-refractivity contribution in [3.05, 3.63) is 22.5 Å². The van der Waals surface area contributed by atoms with Gasteiger partial charge in [0.25, 0.3) is 0 Å². The smallest absolute Gasteiger partial charge is 0.0462 e. The molecule has 1 aromatic heterocycles. The summed E-state index contributed by atoms with van der Waals surface area (Å²) >= 11 is 0. The molecular formula is C14H20N2. The first-order chi connectivity index (χ1) is 7.81. The fourth-order valence-electron chi connectivity index (χ4n) is 2.94. The van der Waals surface area contributed by atoms with Gasteiger partial charge in [-0.2, -0.15) is 0 Å². The molecule has 1 saturated carbocycles. The van der Waals surface area contributed by atoms with E-state index < -0.39 is 0 Å². The average Bonchev–Trinajstić information content (AvgIpc) is 2.97. The van der Waals surface area contributed by atoms with Crippen LogP contribution in [0.3, 0.4) is 0 Å². The maximum absolute atomic E-state index is 6.37. The summed E-state index contributed by atoms with van der Waals surface area (Å²) in [6.07, 6.45) is 8.45. The SMILES string of the molecule is CCCc1nc2c(c(N)c1C1CC1)CCC2. The van der Waals surface area contributed by atoms with Crippen LogP contribution in [0.2, 0.25) is 0 Å². The molecule has 0 saturated heterocycles. The van der Waals surface area contributed by atoms with E-state index in [1.807, 2.05) is 0 Å². The van der Waals surface area contributed by atoms with Crippen LogP contribution in [0.25, 0.3) is 0 Å². The third kappa shape index (κ3) is 1.51. The van der Waals surface area contributed by atoms with Crippen LogP contribution in [0.5, 0.6) is 0 Å². The van der Waals surface area contributed by atoms with Crippen molar-refractivity contribution in [3.63, 3.8) is 0 Å². The number of hydrogen-bond acceptors (Lipinski definition) is 2. The number of rotatable bonds is 3. The molecule has 86 valence electrons. The minimum absolute atomic E-state index is 0.736. The highest BCUT2D eigenvalue weighted by molar-refractivity contribution is 5.61. The molecule has 0 aliphatic heterocycles. The molecule has 1 aromatic rings. The molecule has 2 aliphatic carbocycles. The van der Waals surface area contributed by atoms with E-state index in [4.69, 9.17) is 10.7 Å². The van der Waals surface area contributed by atoms with Crippen LogP contribution in [0.4, 0.5) is 5.69 Å². The normalized spacial score (nSPS) is 18.8. The monoisotopic (exact) mass is 216 g/mol. The molecule has 0 radical (unpaired) electrons. The molecule has 0 aromatic carbocycles. The Morgan fingerprint density at radius 2 is 2.12 bits per heavy atom. The Labute approximate surface area is 97.3 Å². The van der Waals surface area contributed by atoms with Crippen LogP contribution < -0.4 is 5.73 Å². The van der Waals surface area contributed by atoms with Gasteiger partial charge in [0, 0.05) is 17.1 Å². The van der Waals surface area contributed by atoms with Gasteiger partial charge in [0.15, 0.2) is 0 Å². The van der Waals surface area contributed by atoms with E-state index in [9.17, 15) is 0 Å². The number of nitrogens with two attached hydrogens (primary N) is 1. The summed E-state index contributed by atoms with van der Waals surface area (Å²) in [5.74, 6) is 0.736. The molecule has 0 atom stereocenters. The van der Waals surface area contributed by atoms with Crippen molar-refractivity contribution in [2.45, 2.75) is 57.8 Å². The van der Waals surface area contributed by atoms with Crippen LogP contribution in [-0.2, 0) is 19.3 Å². The van der Waals surface area contributed by atoms with E-state index in [0.29, 0.717) is 0 Å². The molecule has 0 unspecified atom stereocenters. The van der Waals surface area contributed by atoms with Crippen LogP contribution >= 0.6 is 0 Å². The van der Waals surface area contributed by atoms with Crippen molar-refractivity contribution in [1.82, 2.24) is 4.98 Å². The third-order valence-electron chi connectivity index (χ3n) is 3.86. The zero-order chi connectivity index (χ0) is 11.1. The quantitative estimate of drug-likeness (QED) is 0.843. The van der Waals surface area contributed by atoms with Gasteiger partial charge < -0.3 is 5.73 Å². The summed E-state index contributed by atoms with van der Waals surface area (Å²) in [5, 5.41) is 0. The van der Waals surface area contributed by atoms with E-state index in [1.54, 1.807) is 0 Å². The molecule has 3 rings (SSSR count). The lowest BCUT2D eigenvalue weighted by atomic mass is 9.99. The first-order valence-electron chi connectivity index (χ1n) is 6.61. The molecule has 0 bridgehead atoms. The number of anilines is 1. The number of pyridine rings is 1. The lowest BCUT2D eigenvalue weighted by Crippen LogP contribution is -2.07. The zero-order valence-electron chi connectivity index (χ0n) is 10.1. The number of aromatic nitrogens is 1. The fraction of sp³-hybridized carbons (Fsp3) is 0.643. The third-order valence-corrected chi connectivity index (χ3v) is 3.86. The molecule has 2 N–H and O–H groups in total. The summed E-state index contributed by atoms with van der Waals surface area (Å²) in [7, 11) is 0. The van der Waals surface area contributed by atoms with Gasteiger partial charge in [0.05, 0.1) is 0 Å². The Balaban J connectivity index is 2.11. The van der Waals surface area contributed by atoms with Crippen molar-refractivity contribution in [2.75, 3.05) is 5.73 Å². The van der Waals surface area contributed by atoms with E-state index >= 15 is 0 Å². The van der Waals surface area contributed by atoms with Gasteiger partial charge >= 0.3 is 0 Å². The molecule has 1 heterocycles. The summed E-state index contributed by atoms with van der Waals surface area (Å²) < 4.78 is 0. The summed E-state index contributed by atoms with van der Waals surface area (Å²) in [5.41, 5.74) is 12.9.